The van der Waals surface area contributed by atoms with E-state index in [4.69, 9.17) is 0 Å². The molecule has 0 saturated heterocycles. The number of halogens is 3. The molecule has 2 heterocycles. The van der Waals surface area contributed by atoms with Crippen LogP contribution in [0.2, 0.25) is 0 Å². The normalized spacial score (nSPS) is 11.5. The van der Waals surface area contributed by atoms with Gasteiger partial charge in [0.25, 0.3) is 0 Å². The van der Waals surface area contributed by atoms with E-state index in [2.05, 4.69) is 25.9 Å². The first-order valence-corrected chi connectivity index (χ1v) is 10.6. The van der Waals surface area contributed by atoms with E-state index in [0.29, 0.717) is 5.69 Å². The van der Waals surface area contributed by atoms with Crippen LogP contribution < -0.4 is 10.6 Å². The highest BCUT2D eigenvalue weighted by Gasteiger charge is 2.30. The molecule has 0 aliphatic rings. The summed E-state index contributed by atoms with van der Waals surface area (Å²) < 4.78 is 40.3. The van der Waals surface area contributed by atoms with Crippen molar-refractivity contribution in [2.75, 3.05) is 10.6 Å². The van der Waals surface area contributed by atoms with Crippen LogP contribution in [0.1, 0.15) is 5.56 Å². The van der Waals surface area contributed by atoms with E-state index in [0.717, 1.165) is 45.4 Å². The Morgan fingerprint density at radius 1 is 0.914 bits per heavy atom. The summed E-state index contributed by atoms with van der Waals surface area (Å²) in [6.45, 7) is 0. The molecule has 5 aromatic rings. The molecule has 0 radical (unpaired) electrons. The largest absolute Gasteiger partial charge is 0.416 e. The lowest BCUT2D eigenvalue weighted by Gasteiger charge is -2.11. The van der Waals surface area contributed by atoms with Gasteiger partial charge in [0.05, 0.1) is 17.3 Å². The number of carbonyl (C=O) groups is 1. The number of alkyl halides is 3. The van der Waals surface area contributed by atoms with E-state index in [1.165, 1.54) is 12.1 Å². The van der Waals surface area contributed by atoms with Gasteiger partial charge in [-0.3, -0.25) is 9.78 Å². The fraction of sp³-hybridized carbons (Fsp3) is 0.0800. The first-order chi connectivity index (χ1) is 16.8. The third-order valence-electron chi connectivity index (χ3n) is 5.47. The topological polar surface area (TPSA) is 87.6 Å². The molecule has 3 N–H and O–H groups in total. The molecule has 35 heavy (non-hydrogen) atoms. The zero-order valence-corrected chi connectivity index (χ0v) is 18.4. The first kappa shape index (κ1) is 22.2. The number of aryl methyl sites for hydroxylation is 1. The predicted octanol–water partition coefficient (Wildman–Crippen LogP) is 6.29. The molecule has 176 valence electrons. The molecule has 0 saturated carbocycles. The first-order valence-electron chi connectivity index (χ1n) is 10.6. The quantitative estimate of drug-likeness (QED) is 0.285. The van der Waals surface area contributed by atoms with Gasteiger partial charge in [0, 0.05) is 35.6 Å². The van der Waals surface area contributed by atoms with E-state index in [1.54, 1.807) is 23.0 Å². The minimum Gasteiger partial charge on any atom is -0.308 e. The molecule has 7 nitrogen and oxygen atoms in total. The summed E-state index contributed by atoms with van der Waals surface area (Å²) in [5.74, 6) is 0. The Hall–Kier alpha value is -4.60. The standard InChI is InChI=1S/C25H19F3N6O/c1-34-14-17(13-29-34)23-21-10-7-16(11-22(21)32-33-23)15-5-8-19(9-6-15)30-24(35)31-20-4-2-3-18(12-20)25(26,27)28/h2-14H,1H3,(H,32,33)(H2,30,31,35). The van der Waals surface area contributed by atoms with Crippen molar-refractivity contribution >= 4 is 28.3 Å². The molecule has 0 spiro atoms. The van der Waals surface area contributed by atoms with Crippen LogP contribution in [0.15, 0.2) is 79.1 Å². The molecule has 0 aliphatic heterocycles. The minimum atomic E-state index is -4.48. The number of fused-ring (bicyclic) bond motifs is 1. The number of aromatic nitrogens is 4. The van der Waals surface area contributed by atoms with Crippen molar-refractivity contribution in [3.8, 4) is 22.4 Å². The van der Waals surface area contributed by atoms with Gasteiger partial charge >= 0.3 is 12.2 Å². The van der Waals surface area contributed by atoms with Gasteiger partial charge in [0.15, 0.2) is 0 Å². The van der Waals surface area contributed by atoms with Crippen LogP contribution in [0, 0.1) is 0 Å². The van der Waals surface area contributed by atoms with Gasteiger partial charge in [-0.15, -0.1) is 0 Å². The average Bonchev–Trinajstić information content (AvgIpc) is 3.44. The fourth-order valence-corrected chi connectivity index (χ4v) is 3.78. The van der Waals surface area contributed by atoms with Crippen LogP contribution in [0.3, 0.4) is 0 Å². The molecule has 0 aliphatic carbocycles. The average molecular weight is 476 g/mol. The van der Waals surface area contributed by atoms with Crippen molar-refractivity contribution in [3.05, 3.63) is 84.7 Å². The number of nitrogens with one attached hydrogen (secondary N) is 3. The second-order valence-corrected chi connectivity index (χ2v) is 7.97. The second-order valence-electron chi connectivity index (χ2n) is 7.97. The Balaban J connectivity index is 1.28. The zero-order valence-electron chi connectivity index (χ0n) is 18.4. The summed E-state index contributed by atoms with van der Waals surface area (Å²) in [6.07, 6.45) is -0.819. The van der Waals surface area contributed by atoms with Crippen molar-refractivity contribution in [3.63, 3.8) is 0 Å². The van der Waals surface area contributed by atoms with E-state index < -0.39 is 17.8 Å². The van der Waals surface area contributed by atoms with Crippen molar-refractivity contribution in [1.82, 2.24) is 20.0 Å². The van der Waals surface area contributed by atoms with Gasteiger partial charge in [0.1, 0.15) is 5.69 Å². The summed E-state index contributed by atoms with van der Waals surface area (Å²) in [5.41, 5.74) is 4.22. The molecule has 0 unspecified atom stereocenters. The lowest BCUT2D eigenvalue weighted by Crippen LogP contribution is -2.19. The molecule has 10 heteroatoms. The van der Waals surface area contributed by atoms with Crippen molar-refractivity contribution in [1.29, 1.82) is 0 Å². The lowest BCUT2D eigenvalue weighted by molar-refractivity contribution is -0.137. The Morgan fingerprint density at radius 2 is 1.66 bits per heavy atom. The van der Waals surface area contributed by atoms with Crippen LogP contribution in [0.4, 0.5) is 29.3 Å². The summed E-state index contributed by atoms with van der Waals surface area (Å²) in [7, 11) is 1.85. The number of nitrogens with zero attached hydrogens (tertiary/aromatic N) is 3. The number of hydrogen-bond donors (Lipinski definition) is 3. The van der Waals surface area contributed by atoms with Gasteiger partial charge in [0.2, 0.25) is 0 Å². The zero-order chi connectivity index (χ0) is 24.6. The molecule has 3 aromatic carbocycles. The summed E-state index contributed by atoms with van der Waals surface area (Å²) in [4.78, 5) is 12.2. The number of amides is 2. The number of urea groups is 1. The maximum absolute atomic E-state index is 12.9. The third kappa shape index (κ3) is 4.72. The molecule has 2 aromatic heterocycles. The van der Waals surface area contributed by atoms with Gasteiger partial charge in [-0.05, 0) is 53.6 Å². The minimum absolute atomic E-state index is 0.0486. The SMILES string of the molecule is Cn1cc(-c2n[nH]c3cc(-c4ccc(NC(=O)Nc5cccc(C(F)(F)F)c5)cc4)ccc23)cn1. The van der Waals surface area contributed by atoms with Crippen LogP contribution in [0.25, 0.3) is 33.3 Å². The summed E-state index contributed by atoms with van der Waals surface area (Å²) in [6, 6.07) is 16.9. The predicted molar refractivity (Wildman–Crippen MR) is 128 cm³/mol. The van der Waals surface area contributed by atoms with Gasteiger partial charge < -0.3 is 10.6 Å². The monoisotopic (exact) mass is 476 g/mol. The number of carbonyl (C=O) groups excluding carboxylic acids is 1. The number of benzene rings is 3. The maximum Gasteiger partial charge on any atom is 0.416 e. The van der Waals surface area contributed by atoms with Crippen molar-refractivity contribution in [2.45, 2.75) is 6.18 Å². The fourth-order valence-electron chi connectivity index (χ4n) is 3.78. The Labute approximate surface area is 197 Å². The Morgan fingerprint density at radius 3 is 2.37 bits per heavy atom. The van der Waals surface area contributed by atoms with Crippen LogP contribution in [-0.4, -0.2) is 26.0 Å². The van der Waals surface area contributed by atoms with Gasteiger partial charge in [-0.1, -0.05) is 24.3 Å². The maximum atomic E-state index is 12.9. The van der Waals surface area contributed by atoms with E-state index >= 15 is 0 Å². The van der Waals surface area contributed by atoms with E-state index in [1.807, 2.05) is 43.6 Å². The summed E-state index contributed by atoms with van der Waals surface area (Å²) in [5, 5.41) is 17.7. The smallest absolute Gasteiger partial charge is 0.308 e. The number of aromatic amines is 1. The summed E-state index contributed by atoms with van der Waals surface area (Å²) >= 11 is 0. The highest BCUT2D eigenvalue weighted by Crippen LogP contribution is 2.31. The van der Waals surface area contributed by atoms with Gasteiger partial charge in [-0.2, -0.15) is 23.4 Å². The number of H-pyrrole nitrogens is 1. The molecule has 0 atom stereocenters. The highest BCUT2D eigenvalue weighted by molar-refractivity contribution is 6.00. The Kier molecular flexibility index (Phi) is 5.48. The highest BCUT2D eigenvalue weighted by atomic mass is 19.4. The molecule has 5 rings (SSSR count). The molecular formula is C25H19F3N6O. The van der Waals surface area contributed by atoms with E-state index in [-0.39, 0.29) is 5.69 Å². The van der Waals surface area contributed by atoms with Crippen LogP contribution in [0.5, 0.6) is 0 Å². The van der Waals surface area contributed by atoms with Gasteiger partial charge in [-0.25, -0.2) is 4.79 Å². The number of rotatable bonds is 4. The van der Waals surface area contributed by atoms with Crippen LogP contribution in [-0.2, 0) is 13.2 Å². The molecule has 0 fully saturated rings. The second kappa shape index (κ2) is 8.64. The molecule has 0 bridgehead atoms. The molecular weight excluding hydrogens is 457 g/mol. The van der Waals surface area contributed by atoms with Crippen LogP contribution >= 0.6 is 0 Å². The molecule has 2 amide bonds. The van der Waals surface area contributed by atoms with E-state index in [9.17, 15) is 18.0 Å². The number of anilines is 2. The third-order valence-corrected chi connectivity index (χ3v) is 5.47. The Bertz CT molecular complexity index is 1520. The van der Waals surface area contributed by atoms with Crippen molar-refractivity contribution < 1.29 is 18.0 Å². The van der Waals surface area contributed by atoms with Crippen molar-refractivity contribution in [2.24, 2.45) is 7.05 Å². The lowest BCUT2D eigenvalue weighted by atomic mass is 10.0. The number of hydrogen-bond acceptors (Lipinski definition) is 3.